The molecule has 80 valence electrons. The maximum Gasteiger partial charge on any atom is 0.159 e. The molecule has 0 aromatic rings. The van der Waals surface area contributed by atoms with E-state index in [0.717, 1.165) is 6.26 Å². The fraction of sp³-hybridized carbons (Fsp3) is 0.700. The number of Topliss-reactive ketones (excluding diaryl/α,β-unsaturated/α-hetero) is 1. The Kier molecular flexibility index (Phi) is 4.34. The summed E-state index contributed by atoms with van der Waals surface area (Å²) in [7, 11) is -3.21. The summed E-state index contributed by atoms with van der Waals surface area (Å²) < 4.78 is 21.5. The molecule has 4 heteroatoms. The molecule has 0 heterocycles. The van der Waals surface area contributed by atoms with E-state index in [4.69, 9.17) is 0 Å². The van der Waals surface area contributed by atoms with Gasteiger partial charge in [-0.25, -0.2) is 8.42 Å². The summed E-state index contributed by atoms with van der Waals surface area (Å²) in [5.41, 5.74) is -0.147. The number of carbonyl (C=O) groups is 1. The van der Waals surface area contributed by atoms with E-state index in [9.17, 15) is 13.2 Å². The van der Waals surface area contributed by atoms with E-state index in [0.29, 0.717) is 0 Å². The highest BCUT2D eigenvalue weighted by molar-refractivity contribution is 7.91. The third kappa shape index (κ3) is 9.27. The van der Waals surface area contributed by atoms with Gasteiger partial charge in [0, 0.05) is 11.7 Å². The molecule has 0 unspecified atom stereocenters. The lowest BCUT2D eigenvalue weighted by atomic mass is 9.98. The van der Waals surface area contributed by atoms with E-state index >= 15 is 0 Å². The summed E-state index contributed by atoms with van der Waals surface area (Å²) in [4.78, 5) is 11.1. The van der Waals surface area contributed by atoms with Crippen LogP contribution in [-0.2, 0) is 14.6 Å². The average molecular weight is 216 g/mol. The monoisotopic (exact) mass is 216 g/mol. The highest BCUT2D eigenvalue weighted by Gasteiger charge is 2.09. The highest BCUT2D eigenvalue weighted by Crippen LogP contribution is 2.09. The maximum absolute atomic E-state index is 11.1. The van der Waals surface area contributed by atoms with Gasteiger partial charge in [0.05, 0.1) is 6.42 Å². The van der Waals surface area contributed by atoms with E-state index in [2.05, 4.69) is 11.8 Å². The average Bonchev–Trinajstić information content (AvgIpc) is 1.78. The summed E-state index contributed by atoms with van der Waals surface area (Å²) in [5.74, 6) is 4.80. The van der Waals surface area contributed by atoms with Gasteiger partial charge in [-0.05, 0) is 20.8 Å². The third-order valence-corrected chi connectivity index (χ3v) is 2.02. The molecular formula is C10H16O3S. The predicted octanol–water partition coefficient (Wildman–Crippen LogP) is 1.04. The number of hydrogen-bond acceptors (Lipinski definition) is 3. The van der Waals surface area contributed by atoms with Crippen LogP contribution in [-0.4, -0.2) is 26.2 Å². The largest absolute Gasteiger partial charge is 0.297 e. The van der Waals surface area contributed by atoms with E-state index in [1.165, 1.54) is 0 Å². The second-order valence-electron chi connectivity index (χ2n) is 4.34. The van der Waals surface area contributed by atoms with Gasteiger partial charge in [0.1, 0.15) is 5.75 Å². The van der Waals surface area contributed by atoms with Crippen molar-refractivity contribution in [1.29, 1.82) is 0 Å². The first-order chi connectivity index (χ1) is 6.10. The molecule has 0 atom stereocenters. The molecule has 0 aromatic heterocycles. The van der Waals surface area contributed by atoms with Gasteiger partial charge < -0.3 is 0 Å². The van der Waals surface area contributed by atoms with Crippen LogP contribution >= 0.6 is 0 Å². The molecule has 0 aliphatic carbocycles. The summed E-state index contributed by atoms with van der Waals surface area (Å²) in [6, 6.07) is 0. The Balaban J connectivity index is 4.16. The SMILES string of the molecule is CC(C)(C)C#CCC(=O)CS(C)(=O)=O. The number of ketones is 1. The van der Waals surface area contributed by atoms with Gasteiger partial charge in [-0.2, -0.15) is 0 Å². The van der Waals surface area contributed by atoms with Crippen molar-refractivity contribution in [3.05, 3.63) is 0 Å². The quantitative estimate of drug-likeness (QED) is 0.662. The van der Waals surface area contributed by atoms with Crippen LogP contribution in [0.4, 0.5) is 0 Å². The predicted molar refractivity (Wildman–Crippen MR) is 56.6 cm³/mol. The van der Waals surface area contributed by atoms with Gasteiger partial charge in [-0.3, -0.25) is 4.79 Å². The van der Waals surface area contributed by atoms with Crippen LogP contribution in [0.2, 0.25) is 0 Å². The number of hydrogen-bond donors (Lipinski definition) is 0. The standard InChI is InChI=1S/C10H16O3S/c1-10(2,3)7-5-6-9(11)8-14(4,12)13/h6,8H2,1-4H3. The Labute approximate surface area is 85.8 Å². The van der Waals surface area contributed by atoms with E-state index in [1.807, 2.05) is 20.8 Å². The van der Waals surface area contributed by atoms with Crippen molar-refractivity contribution < 1.29 is 13.2 Å². The molecule has 0 aromatic carbocycles. The van der Waals surface area contributed by atoms with Gasteiger partial charge in [0.25, 0.3) is 0 Å². The lowest BCUT2D eigenvalue weighted by Crippen LogP contribution is -2.13. The first kappa shape index (κ1) is 13.2. The van der Waals surface area contributed by atoms with Crippen LogP contribution in [0.5, 0.6) is 0 Å². The summed E-state index contributed by atoms with van der Waals surface area (Å²) in [6.45, 7) is 5.79. The van der Waals surface area contributed by atoms with Gasteiger partial charge in [-0.15, -0.1) is 0 Å². The molecule has 0 N–H and O–H groups in total. The number of carbonyl (C=O) groups excluding carboxylic acids is 1. The lowest BCUT2D eigenvalue weighted by Gasteiger charge is -2.06. The summed E-state index contributed by atoms with van der Waals surface area (Å²) in [5, 5.41) is 0. The fourth-order valence-corrected chi connectivity index (χ4v) is 1.44. The van der Waals surface area contributed by atoms with Gasteiger partial charge in [-0.1, -0.05) is 11.8 Å². The van der Waals surface area contributed by atoms with Gasteiger partial charge in [0.2, 0.25) is 0 Å². The van der Waals surface area contributed by atoms with Crippen LogP contribution in [0.15, 0.2) is 0 Å². The zero-order chi connectivity index (χ0) is 11.4. The van der Waals surface area contributed by atoms with Crippen molar-refractivity contribution >= 4 is 15.6 Å². The van der Waals surface area contributed by atoms with Crippen molar-refractivity contribution in [2.45, 2.75) is 27.2 Å². The topological polar surface area (TPSA) is 51.2 Å². The zero-order valence-corrected chi connectivity index (χ0v) is 9.86. The molecule has 0 radical (unpaired) electrons. The van der Waals surface area contributed by atoms with E-state index in [-0.39, 0.29) is 17.6 Å². The Hall–Kier alpha value is -0.820. The molecule has 0 aliphatic heterocycles. The van der Waals surface area contributed by atoms with Crippen molar-refractivity contribution in [1.82, 2.24) is 0 Å². The van der Waals surface area contributed by atoms with Crippen molar-refractivity contribution in [3.63, 3.8) is 0 Å². The Morgan fingerprint density at radius 3 is 2.14 bits per heavy atom. The molecule has 0 rings (SSSR count). The van der Waals surface area contributed by atoms with E-state index in [1.54, 1.807) is 0 Å². The van der Waals surface area contributed by atoms with Crippen LogP contribution in [0.3, 0.4) is 0 Å². The molecule has 0 saturated carbocycles. The highest BCUT2D eigenvalue weighted by atomic mass is 32.2. The van der Waals surface area contributed by atoms with Crippen molar-refractivity contribution in [3.8, 4) is 11.8 Å². The second-order valence-corrected chi connectivity index (χ2v) is 6.48. The van der Waals surface area contributed by atoms with Gasteiger partial charge >= 0.3 is 0 Å². The van der Waals surface area contributed by atoms with Crippen LogP contribution in [0, 0.1) is 17.3 Å². The molecule has 0 amide bonds. The molecule has 14 heavy (non-hydrogen) atoms. The molecule has 0 aliphatic rings. The minimum Gasteiger partial charge on any atom is -0.297 e. The van der Waals surface area contributed by atoms with Crippen molar-refractivity contribution in [2.24, 2.45) is 5.41 Å². The maximum atomic E-state index is 11.1. The fourth-order valence-electron chi connectivity index (χ4n) is 0.751. The van der Waals surface area contributed by atoms with Crippen LogP contribution < -0.4 is 0 Å². The first-order valence-electron chi connectivity index (χ1n) is 4.30. The normalized spacial score (nSPS) is 11.7. The lowest BCUT2D eigenvalue weighted by molar-refractivity contribution is -0.115. The van der Waals surface area contributed by atoms with Crippen LogP contribution in [0.1, 0.15) is 27.2 Å². The van der Waals surface area contributed by atoms with Crippen LogP contribution in [0.25, 0.3) is 0 Å². The zero-order valence-electron chi connectivity index (χ0n) is 9.05. The summed E-state index contributed by atoms with van der Waals surface area (Å²) >= 11 is 0. The smallest absolute Gasteiger partial charge is 0.159 e. The van der Waals surface area contributed by atoms with Gasteiger partial charge in [0.15, 0.2) is 15.6 Å². The Morgan fingerprint density at radius 2 is 1.79 bits per heavy atom. The molecule has 3 nitrogen and oxygen atoms in total. The Morgan fingerprint density at radius 1 is 1.29 bits per heavy atom. The Bertz CT molecular complexity index is 360. The minimum atomic E-state index is -3.21. The van der Waals surface area contributed by atoms with E-state index < -0.39 is 15.6 Å². The molecular weight excluding hydrogens is 200 g/mol. The van der Waals surface area contributed by atoms with Crippen molar-refractivity contribution in [2.75, 3.05) is 12.0 Å². The molecule has 0 bridgehead atoms. The summed E-state index contributed by atoms with van der Waals surface area (Å²) in [6.07, 6.45) is 1.06. The second kappa shape index (κ2) is 4.61. The molecule has 0 saturated heterocycles. The third-order valence-electron chi connectivity index (χ3n) is 1.17. The molecule has 0 spiro atoms. The number of sulfone groups is 1. The number of rotatable bonds is 3. The minimum absolute atomic E-state index is 0.0182. The first-order valence-corrected chi connectivity index (χ1v) is 6.36. The molecule has 0 fully saturated rings.